The summed E-state index contributed by atoms with van der Waals surface area (Å²) in [6.45, 7) is 10.6. The number of anilines is 3. The second kappa shape index (κ2) is 8.87. The van der Waals surface area contributed by atoms with Crippen LogP contribution in [0.2, 0.25) is 0 Å². The summed E-state index contributed by atoms with van der Waals surface area (Å²) in [4.78, 5) is 16.7. The number of fused-ring (bicyclic) bond motifs is 1. The third kappa shape index (κ3) is 4.55. The lowest BCUT2D eigenvalue weighted by Crippen LogP contribution is -2.22. The average Bonchev–Trinajstić information content (AvgIpc) is 3.47. The zero-order valence-electron chi connectivity index (χ0n) is 21.5. The molecular weight excluding hydrogens is 436 g/mol. The molecule has 0 radical (unpaired) electrons. The van der Waals surface area contributed by atoms with Crippen molar-refractivity contribution in [2.75, 3.05) is 30.4 Å². The van der Waals surface area contributed by atoms with Gasteiger partial charge in [0, 0.05) is 31.7 Å². The Labute approximate surface area is 207 Å². The summed E-state index contributed by atoms with van der Waals surface area (Å²) < 4.78 is 7.30. The van der Waals surface area contributed by atoms with Gasteiger partial charge in [0.1, 0.15) is 11.3 Å². The Morgan fingerprint density at radius 1 is 1.06 bits per heavy atom. The fraction of sp³-hybridized carbons (Fsp3) is 0.393. The minimum absolute atomic E-state index is 0.0643. The molecule has 1 atom stereocenters. The van der Waals surface area contributed by atoms with Crippen LogP contribution in [0.4, 0.5) is 17.5 Å². The number of benzene rings is 2. The minimum Gasteiger partial charge on any atom is -0.497 e. The van der Waals surface area contributed by atoms with Crippen LogP contribution in [0.1, 0.15) is 49.8 Å². The van der Waals surface area contributed by atoms with Gasteiger partial charge in [-0.1, -0.05) is 45.0 Å². The van der Waals surface area contributed by atoms with Gasteiger partial charge >= 0.3 is 0 Å². The van der Waals surface area contributed by atoms with E-state index in [2.05, 4.69) is 73.2 Å². The molecule has 1 fully saturated rings. The summed E-state index contributed by atoms with van der Waals surface area (Å²) in [7, 11) is 3.68. The monoisotopic (exact) mass is 470 g/mol. The first-order valence-electron chi connectivity index (χ1n) is 12.2. The van der Waals surface area contributed by atoms with E-state index in [-0.39, 0.29) is 5.41 Å². The molecule has 1 aliphatic rings. The number of ether oxygens (including phenoxy) is 1. The third-order valence-corrected chi connectivity index (χ3v) is 6.97. The Balaban J connectivity index is 1.47. The van der Waals surface area contributed by atoms with Crippen molar-refractivity contribution in [1.29, 1.82) is 0 Å². The van der Waals surface area contributed by atoms with Crippen molar-refractivity contribution in [3.8, 4) is 5.75 Å². The van der Waals surface area contributed by atoms with Gasteiger partial charge in [-0.15, -0.1) is 0 Å². The first-order valence-corrected chi connectivity index (χ1v) is 12.2. The predicted octanol–water partition coefficient (Wildman–Crippen LogP) is 5.72. The van der Waals surface area contributed by atoms with Gasteiger partial charge in [-0.2, -0.15) is 9.97 Å². The van der Waals surface area contributed by atoms with E-state index in [1.807, 2.05) is 23.7 Å². The van der Waals surface area contributed by atoms with E-state index in [1.54, 1.807) is 13.4 Å². The van der Waals surface area contributed by atoms with E-state index < -0.39 is 0 Å². The summed E-state index contributed by atoms with van der Waals surface area (Å²) >= 11 is 0. The molecule has 2 aromatic heterocycles. The van der Waals surface area contributed by atoms with Crippen LogP contribution in [0.3, 0.4) is 0 Å². The van der Waals surface area contributed by atoms with Crippen LogP contribution in [0.5, 0.6) is 5.75 Å². The zero-order chi connectivity index (χ0) is 24.7. The summed E-state index contributed by atoms with van der Waals surface area (Å²) in [6, 6.07) is 15.0. The molecule has 182 valence electrons. The standard InChI is InChI=1S/C28H34N6O/c1-18-7-10-21(28(2,3)4)15-23(18)30-26-24-25(29-17-33(24)5)31-27(32-26)34-14-13-20(16-34)19-8-11-22(35-6)12-9-19/h7-12,15,17,20H,13-14,16H2,1-6H3,(H,30,31,32). The molecule has 0 bridgehead atoms. The summed E-state index contributed by atoms with van der Waals surface area (Å²) in [5.74, 6) is 2.83. The van der Waals surface area contributed by atoms with E-state index in [9.17, 15) is 0 Å². The van der Waals surface area contributed by atoms with Gasteiger partial charge in [-0.3, -0.25) is 0 Å². The minimum atomic E-state index is 0.0643. The van der Waals surface area contributed by atoms with Crippen LogP contribution in [0.25, 0.3) is 11.2 Å². The fourth-order valence-electron chi connectivity index (χ4n) is 4.71. The Morgan fingerprint density at radius 3 is 2.54 bits per heavy atom. The molecule has 1 N–H and O–H groups in total. The van der Waals surface area contributed by atoms with Crippen molar-refractivity contribution in [2.45, 2.75) is 45.4 Å². The molecule has 0 saturated carbocycles. The highest BCUT2D eigenvalue weighted by molar-refractivity contribution is 5.87. The molecule has 7 heteroatoms. The number of aromatic nitrogens is 4. The lowest BCUT2D eigenvalue weighted by atomic mass is 9.86. The number of hydrogen-bond donors (Lipinski definition) is 1. The molecule has 1 unspecified atom stereocenters. The second-order valence-corrected chi connectivity index (χ2v) is 10.5. The van der Waals surface area contributed by atoms with Crippen molar-refractivity contribution in [1.82, 2.24) is 19.5 Å². The van der Waals surface area contributed by atoms with Crippen LogP contribution in [-0.4, -0.2) is 39.7 Å². The summed E-state index contributed by atoms with van der Waals surface area (Å²) in [5.41, 5.74) is 6.51. The van der Waals surface area contributed by atoms with E-state index in [0.29, 0.717) is 11.6 Å². The predicted molar refractivity (Wildman–Crippen MR) is 142 cm³/mol. The lowest BCUT2D eigenvalue weighted by molar-refractivity contribution is 0.414. The highest BCUT2D eigenvalue weighted by Crippen LogP contribution is 2.34. The molecule has 4 aromatic rings. The van der Waals surface area contributed by atoms with Gasteiger partial charge in [-0.25, -0.2) is 4.98 Å². The van der Waals surface area contributed by atoms with Crippen LogP contribution in [0.15, 0.2) is 48.8 Å². The van der Waals surface area contributed by atoms with E-state index in [1.165, 1.54) is 16.7 Å². The lowest BCUT2D eigenvalue weighted by Gasteiger charge is -2.22. The molecule has 0 aliphatic carbocycles. The van der Waals surface area contributed by atoms with E-state index in [4.69, 9.17) is 14.7 Å². The van der Waals surface area contributed by atoms with Crippen LogP contribution < -0.4 is 15.0 Å². The number of nitrogens with zero attached hydrogens (tertiary/aromatic N) is 5. The van der Waals surface area contributed by atoms with Gasteiger partial charge in [0.15, 0.2) is 11.5 Å². The highest BCUT2D eigenvalue weighted by atomic mass is 16.5. The number of methoxy groups -OCH3 is 1. The molecule has 3 heterocycles. The Kier molecular flexibility index (Phi) is 5.87. The maximum absolute atomic E-state index is 5.32. The van der Waals surface area contributed by atoms with Crippen LogP contribution in [0, 0.1) is 6.92 Å². The molecule has 7 nitrogen and oxygen atoms in total. The molecule has 1 aliphatic heterocycles. The largest absolute Gasteiger partial charge is 0.497 e. The molecule has 5 rings (SSSR count). The van der Waals surface area contributed by atoms with Gasteiger partial charge in [0.05, 0.1) is 13.4 Å². The Hall–Kier alpha value is -3.61. The third-order valence-electron chi connectivity index (χ3n) is 6.97. The number of hydrogen-bond acceptors (Lipinski definition) is 6. The van der Waals surface area contributed by atoms with Crippen molar-refractivity contribution >= 4 is 28.6 Å². The molecule has 0 amide bonds. The molecular formula is C28H34N6O. The number of aryl methyl sites for hydroxylation is 2. The number of nitrogens with one attached hydrogen (secondary N) is 1. The SMILES string of the molecule is COc1ccc(C2CCN(c3nc(Nc4cc(C(C)(C)C)ccc4C)c4c(ncn4C)n3)C2)cc1. The number of rotatable bonds is 5. The molecule has 2 aromatic carbocycles. The normalized spacial score (nSPS) is 16.2. The molecule has 1 saturated heterocycles. The summed E-state index contributed by atoms with van der Waals surface area (Å²) in [6.07, 6.45) is 2.86. The van der Waals surface area contributed by atoms with Gasteiger partial charge in [-0.05, 0) is 53.6 Å². The zero-order valence-corrected chi connectivity index (χ0v) is 21.5. The van der Waals surface area contributed by atoms with E-state index >= 15 is 0 Å². The van der Waals surface area contributed by atoms with Crippen LogP contribution in [-0.2, 0) is 12.5 Å². The van der Waals surface area contributed by atoms with Gasteiger partial charge in [0.2, 0.25) is 5.95 Å². The smallest absolute Gasteiger partial charge is 0.229 e. The van der Waals surface area contributed by atoms with Crippen molar-refractivity contribution in [2.24, 2.45) is 7.05 Å². The van der Waals surface area contributed by atoms with Crippen molar-refractivity contribution in [3.63, 3.8) is 0 Å². The first-order chi connectivity index (χ1) is 16.7. The maximum Gasteiger partial charge on any atom is 0.229 e. The van der Waals surface area contributed by atoms with Crippen LogP contribution >= 0.6 is 0 Å². The van der Waals surface area contributed by atoms with Gasteiger partial charge < -0.3 is 19.5 Å². The van der Waals surface area contributed by atoms with Crippen molar-refractivity contribution < 1.29 is 4.74 Å². The fourth-order valence-corrected chi connectivity index (χ4v) is 4.71. The molecule has 35 heavy (non-hydrogen) atoms. The Morgan fingerprint density at radius 2 is 1.83 bits per heavy atom. The maximum atomic E-state index is 5.32. The first kappa shape index (κ1) is 23.1. The number of imidazole rings is 1. The summed E-state index contributed by atoms with van der Waals surface area (Å²) in [5, 5.41) is 3.62. The quantitative estimate of drug-likeness (QED) is 0.403. The topological polar surface area (TPSA) is 68.1 Å². The average molecular weight is 471 g/mol. The van der Waals surface area contributed by atoms with Crippen molar-refractivity contribution in [3.05, 3.63) is 65.5 Å². The highest BCUT2D eigenvalue weighted by Gasteiger charge is 2.27. The molecule has 0 spiro atoms. The van der Waals surface area contributed by atoms with Gasteiger partial charge in [0.25, 0.3) is 0 Å². The second-order valence-electron chi connectivity index (χ2n) is 10.5. The Bertz CT molecular complexity index is 1350. The van der Waals surface area contributed by atoms with E-state index in [0.717, 1.165) is 48.2 Å².